The van der Waals surface area contributed by atoms with E-state index in [1.54, 1.807) is 12.2 Å². The third kappa shape index (κ3) is 20.8. The molecule has 0 unspecified atom stereocenters. The quantitative estimate of drug-likeness (QED) is 0.0380. The molecule has 0 aromatic heterocycles. The zero-order valence-electron chi connectivity index (χ0n) is 26.9. The average Bonchev–Trinajstić information content (AvgIpc) is 2.97. The summed E-state index contributed by atoms with van der Waals surface area (Å²) in [5.74, 6) is -2.03. The Kier molecular flexibility index (Phi) is 27.0. The Morgan fingerprint density at radius 1 is 0.651 bits per heavy atom. The van der Waals surface area contributed by atoms with Crippen LogP contribution in [0.1, 0.15) is 163 Å². The van der Waals surface area contributed by atoms with Crippen molar-refractivity contribution in [2.24, 2.45) is 0 Å². The van der Waals surface area contributed by atoms with Crippen molar-refractivity contribution < 1.29 is 83.4 Å². The topological polar surface area (TPSA) is 110 Å². The van der Waals surface area contributed by atoms with Gasteiger partial charge in [-0.25, -0.2) is 18.0 Å². The standard InChI is InChI=1S/C34H54O7S.K/c1-3-5-7-9-11-13-15-17-19-21-23-28-40-33(35)30-26-25-27-31(42(37,38)39)32(30)34(36)41-29-24-22-20-18-16-14-12-10-8-6-4-2;/h23-29H,3-22H2,1-2H3,(H,37,38,39);/q;+1/p-1/b28-23+,29-24+;. The van der Waals surface area contributed by atoms with Crippen LogP contribution in [-0.4, -0.2) is 24.9 Å². The normalized spacial score (nSPS) is 11.6. The zero-order valence-corrected chi connectivity index (χ0v) is 30.9. The monoisotopic (exact) mass is 644 g/mol. The molecule has 43 heavy (non-hydrogen) atoms. The Hall–Kier alpha value is -0.814. The van der Waals surface area contributed by atoms with Crippen LogP contribution in [0, 0.1) is 0 Å². The smallest absolute Gasteiger partial charge is 0.744 e. The number of unbranched alkanes of at least 4 members (excludes halogenated alkanes) is 18. The van der Waals surface area contributed by atoms with Crippen LogP contribution in [0.2, 0.25) is 0 Å². The molecule has 7 nitrogen and oxygen atoms in total. The summed E-state index contributed by atoms with van der Waals surface area (Å²) in [6.45, 7) is 4.42. The molecule has 0 aliphatic heterocycles. The van der Waals surface area contributed by atoms with Gasteiger partial charge in [-0.2, -0.15) is 0 Å². The molecule has 0 radical (unpaired) electrons. The average molecular weight is 645 g/mol. The summed E-state index contributed by atoms with van der Waals surface area (Å²) >= 11 is 0. The second-order valence-corrected chi connectivity index (χ2v) is 12.3. The molecule has 0 spiro atoms. The number of esters is 2. The van der Waals surface area contributed by atoms with E-state index in [0.717, 1.165) is 44.6 Å². The summed E-state index contributed by atoms with van der Waals surface area (Å²) < 4.78 is 45.8. The first kappa shape index (κ1) is 42.2. The number of benzene rings is 1. The molecule has 0 aliphatic rings. The Morgan fingerprint density at radius 3 is 1.47 bits per heavy atom. The van der Waals surface area contributed by atoms with Crippen molar-refractivity contribution >= 4 is 22.1 Å². The fourth-order valence-electron chi connectivity index (χ4n) is 4.74. The van der Waals surface area contributed by atoms with Crippen LogP contribution in [0.5, 0.6) is 0 Å². The number of carbonyl (C=O) groups is 2. The van der Waals surface area contributed by atoms with E-state index in [1.165, 1.54) is 108 Å². The first-order chi connectivity index (χ1) is 20.3. The van der Waals surface area contributed by atoms with E-state index < -0.39 is 32.5 Å². The summed E-state index contributed by atoms with van der Waals surface area (Å²) in [4.78, 5) is 24.7. The van der Waals surface area contributed by atoms with E-state index in [4.69, 9.17) is 9.47 Å². The molecule has 0 N–H and O–H groups in total. The first-order valence-corrected chi connectivity index (χ1v) is 17.5. The molecule has 1 aromatic rings. The third-order valence-electron chi connectivity index (χ3n) is 7.21. The fourth-order valence-corrected chi connectivity index (χ4v) is 5.43. The number of rotatable bonds is 25. The first-order valence-electron chi connectivity index (χ1n) is 16.1. The maximum absolute atomic E-state index is 12.8. The van der Waals surface area contributed by atoms with Crippen molar-refractivity contribution in [1.29, 1.82) is 0 Å². The van der Waals surface area contributed by atoms with Crippen molar-refractivity contribution in [3.8, 4) is 0 Å². The van der Waals surface area contributed by atoms with Crippen LogP contribution in [0.3, 0.4) is 0 Å². The molecular formula is C34H53KO7S. The van der Waals surface area contributed by atoms with Gasteiger partial charge in [-0.1, -0.05) is 123 Å². The van der Waals surface area contributed by atoms with Crippen LogP contribution in [0.15, 0.2) is 47.8 Å². The number of allylic oxidation sites excluding steroid dienone is 2. The van der Waals surface area contributed by atoms with Gasteiger partial charge in [0.05, 0.1) is 28.5 Å². The van der Waals surface area contributed by atoms with Crippen LogP contribution >= 0.6 is 0 Å². The maximum atomic E-state index is 12.8. The minimum atomic E-state index is -5.04. The van der Waals surface area contributed by atoms with E-state index in [9.17, 15) is 22.6 Å². The minimum Gasteiger partial charge on any atom is -0.744 e. The molecule has 238 valence electrons. The van der Waals surface area contributed by atoms with E-state index in [-0.39, 0.29) is 56.9 Å². The molecular weight excluding hydrogens is 592 g/mol. The van der Waals surface area contributed by atoms with Crippen LogP contribution in [-0.2, 0) is 19.6 Å². The van der Waals surface area contributed by atoms with Gasteiger partial charge in [0.1, 0.15) is 10.1 Å². The third-order valence-corrected chi connectivity index (χ3v) is 8.09. The molecule has 0 atom stereocenters. The SMILES string of the molecule is CCCCCCCCCCC/C=C/OC(=O)c1cccc(S(=O)(=O)[O-])c1C(=O)O/C=C/CCCCCCCCCCC.[K+]. The van der Waals surface area contributed by atoms with Gasteiger partial charge in [0.15, 0.2) is 0 Å². The van der Waals surface area contributed by atoms with Gasteiger partial charge in [0, 0.05) is 0 Å². The van der Waals surface area contributed by atoms with E-state index in [1.807, 2.05) is 0 Å². The molecule has 0 saturated heterocycles. The minimum absolute atomic E-state index is 0. The van der Waals surface area contributed by atoms with E-state index in [0.29, 0.717) is 6.42 Å². The summed E-state index contributed by atoms with van der Waals surface area (Å²) in [6, 6.07) is 3.46. The number of carbonyl (C=O) groups excluding carboxylic acids is 2. The second-order valence-electron chi connectivity index (χ2n) is 10.9. The Balaban J connectivity index is 0.0000176. The molecule has 0 aliphatic carbocycles. The van der Waals surface area contributed by atoms with Crippen molar-refractivity contribution in [3.05, 3.63) is 54.0 Å². The van der Waals surface area contributed by atoms with Gasteiger partial charge in [0.2, 0.25) is 0 Å². The molecule has 1 aromatic carbocycles. The number of hydrogen-bond acceptors (Lipinski definition) is 7. The number of hydrogen-bond donors (Lipinski definition) is 0. The van der Waals surface area contributed by atoms with Gasteiger partial charge in [-0.3, -0.25) is 0 Å². The van der Waals surface area contributed by atoms with Gasteiger partial charge in [-0.15, -0.1) is 0 Å². The molecule has 9 heteroatoms. The zero-order chi connectivity index (χ0) is 30.9. The van der Waals surface area contributed by atoms with E-state index in [2.05, 4.69) is 13.8 Å². The predicted octanol–water partition coefficient (Wildman–Crippen LogP) is 6.78. The van der Waals surface area contributed by atoms with Crippen LogP contribution in [0.25, 0.3) is 0 Å². The summed E-state index contributed by atoms with van der Waals surface area (Å²) in [5, 5.41) is 0. The molecule has 0 fully saturated rings. The molecule has 0 heterocycles. The van der Waals surface area contributed by atoms with Crippen LogP contribution in [0.4, 0.5) is 0 Å². The molecule has 0 bridgehead atoms. The Labute approximate surface area is 303 Å². The largest absolute Gasteiger partial charge is 1.00 e. The fraction of sp³-hybridized carbons (Fsp3) is 0.647. The van der Waals surface area contributed by atoms with Gasteiger partial charge in [0.25, 0.3) is 0 Å². The Morgan fingerprint density at radius 2 is 1.05 bits per heavy atom. The predicted molar refractivity (Wildman–Crippen MR) is 167 cm³/mol. The second kappa shape index (κ2) is 27.5. The molecule has 0 amide bonds. The van der Waals surface area contributed by atoms with Gasteiger partial charge >= 0.3 is 63.3 Å². The van der Waals surface area contributed by atoms with Gasteiger partial charge < -0.3 is 14.0 Å². The van der Waals surface area contributed by atoms with Crippen LogP contribution < -0.4 is 51.4 Å². The van der Waals surface area contributed by atoms with Crippen molar-refractivity contribution in [2.45, 2.75) is 147 Å². The number of ether oxygens (including phenoxy) is 2. The summed E-state index contributed by atoms with van der Waals surface area (Å²) in [6.07, 6.45) is 29.0. The summed E-state index contributed by atoms with van der Waals surface area (Å²) in [5.41, 5.74) is -0.949. The molecule has 1 rings (SSSR count). The molecule has 0 saturated carbocycles. The van der Waals surface area contributed by atoms with Crippen molar-refractivity contribution in [2.75, 3.05) is 0 Å². The van der Waals surface area contributed by atoms with Gasteiger partial charge in [-0.05, 0) is 50.0 Å². The Bertz CT molecular complexity index is 1050. The summed E-state index contributed by atoms with van der Waals surface area (Å²) in [7, 11) is -5.04. The van der Waals surface area contributed by atoms with Crippen molar-refractivity contribution in [1.82, 2.24) is 0 Å². The maximum Gasteiger partial charge on any atom is 1.00 e. The van der Waals surface area contributed by atoms with E-state index >= 15 is 0 Å². The van der Waals surface area contributed by atoms with Crippen molar-refractivity contribution in [3.63, 3.8) is 0 Å².